The first-order chi connectivity index (χ1) is 6.20. The van der Waals surface area contributed by atoms with Crippen molar-refractivity contribution in [2.75, 3.05) is 5.32 Å². The van der Waals surface area contributed by atoms with E-state index in [9.17, 15) is 4.79 Å². The van der Waals surface area contributed by atoms with Gasteiger partial charge in [-0.2, -0.15) is 0 Å². The van der Waals surface area contributed by atoms with Crippen molar-refractivity contribution in [1.82, 2.24) is 4.98 Å². The molecule has 13 heavy (non-hydrogen) atoms. The Hall–Kier alpha value is -1.38. The van der Waals surface area contributed by atoms with Crippen LogP contribution in [0.2, 0.25) is 0 Å². The molecule has 1 aliphatic rings. The molecular formula is C10H12N2O. The highest BCUT2D eigenvalue weighted by molar-refractivity contribution is 6.02. The Bertz CT molecular complexity index is 347. The topological polar surface area (TPSA) is 42.0 Å². The highest BCUT2D eigenvalue weighted by atomic mass is 16.2. The van der Waals surface area contributed by atoms with E-state index in [-0.39, 0.29) is 11.8 Å². The maximum absolute atomic E-state index is 11.5. The number of rotatable bonds is 1. The zero-order valence-corrected chi connectivity index (χ0v) is 7.74. The fourth-order valence-electron chi connectivity index (χ4n) is 1.72. The number of anilines is 1. The van der Waals surface area contributed by atoms with E-state index in [4.69, 9.17) is 0 Å². The number of amides is 1. The second kappa shape index (κ2) is 2.83. The molecule has 0 aliphatic carbocycles. The van der Waals surface area contributed by atoms with Crippen molar-refractivity contribution >= 4 is 11.6 Å². The van der Waals surface area contributed by atoms with Crippen molar-refractivity contribution in [2.24, 2.45) is 5.92 Å². The van der Waals surface area contributed by atoms with E-state index >= 15 is 0 Å². The van der Waals surface area contributed by atoms with Crippen LogP contribution in [-0.4, -0.2) is 10.9 Å². The molecule has 2 rings (SSSR count). The Balaban J connectivity index is 2.46. The Labute approximate surface area is 77.2 Å². The first kappa shape index (κ1) is 8.23. The van der Waals surface area contributed by atoms with E-state index in [1.165, 1.54) is 0 Å². The zero-order chi connectivity index (χ0) is 9.42. The van der Waals surface area contributed by atoms with Crippen molar-refractivity contribution in [2.45, 2.75) is 19.8 Å². The summed E-state index contributed by atoms with van der Waals surface area (Å²) in [6.45, 7) is 4.07. The lowest BCUT2D eigenvalue weighted by molar-refractivity contribution is -0.117. The number of fused-ring (bicyclic) bond motifs is 1. The van der Waals surface area contributed by atoms with Crippen molar-refractivity contribution in [3.63, 3.8) is 0 Å². The Kier molecular flexibility index (Phi) is 1.79. The van der Waals surface area contributed by atoms with Gasteiger partial charge in [-0.15, -0.1) is 0 Å². The third kappa shape index (κ3) is 1.20. The Morgan fingerprint density at radius 2 is 2.31 bits per heavy atom. The first-order valence-electron chi connectivity index (χ1n) is 4.46. The van der Waals surface area contributed by atoms with Crippen molar-refractivity contribution < 1.29 is 4.79 Å². The largest absolute Gasteiger partial charge is 0.324 e. The smallest absolute Gasteiger partial charge is 0.233 e. The molecule has 68 valence electrons. The quantitative estimate of drug-likeness (QED) is 0.708. The SMILES string of the molecule is CC(C)C1C(=O)Nc2cccnc21. The van der Waals surface area contributed by atoms with Crippen LogP contribution in [0.1, 0.15) is 25.5 Å². The molecule has 1 aromatic rings. The predicted octanol–water partition coefficient (Wildman–Crippen LogP) is 1.77. The number of aromatic nitrogens is 1. The van der Waals surface area contributed by atoms with Crippen LogP contribution in [0, 0.1) is 5.92 Å². The Morgan fingerprint density at radius 3 is 3.00 bits per heavy atom. The van der Waals surface area contributed by atoms with Crippen LogP contribution < -0.4 is 5.32 Å². The third-order valence-electron chi connectivity index (χ3n) is 2.34. The number of carbonyl (C=O) groups excluding carboxylic acids is 1. The lowest BCUT2D eigenvalue weighted by atomic mass is 9.93. The normalized spacial score (nSPS) is 20.2. The molecule has 0 aromatic carbocycles. The monoisotopic (exact) mass is 176 g/mol. The minimum atomic E-state index is -0.0730. The lowest BCUT2D eigenvalue weighted by Gasteiger charge is -2.10. The fraction of sp³-hybridized carbons (Fsp3) is 0.400. The van der Waals surface area contributed by atoms with Gasteiger partial charge in [0.15, 0.2) is 0 Å². The first-order valence-corrected chi connectivity index (χ1v) is 4.46. The van der Waals surface area contributed by atoms with Crippen molar-refractivity contribution in [1.29, 1.82) is 0 Å². The van der Waals surface area contributed by atoms with Gasteiger partial charge in [0.05, 0.1) is 17.3 Å². The summed E-state index contributed by atoms with van der Waals surface area (Å²) in [7, 11) is 0. The van der Waals surface area contributed by atoms with Gasteiger partial charge in [0.25, 0.3) is 0 Å². The molecule has 0 saturated carbocycles. The molecule has 0 radical (unpaired) electrons. The van der Waals surface area contributed by atoms with Gasteiger partial charge in [-0.1, -0.05) is 13.8 Å². The predicted molar refractivity (Wildman–Crippen MR) is 50.4 cm³/mol. The highest BCUT2D eigenvalue weighted by Gasteiger charge is 2.33. The molecule has 1 aliphatic heterocycles. The van der Waals surface area contributed by atoms with Gasteiger partial charge >= 0.3 is 0 Å². The second-order valence-electron chi connectivity index (χ2n) is 3.65. The molecule has 1 amide bonds. The van der Waals surface area contributed by atoms with E-state index in [2.05, 4.69) is 10.3 Å². The third-order valence-corrected chi connectivity index (χ3v) is 2.34. The van der Waals surface area contributed by atoms with Crippen LogP contribution in [0.15, 0.2) is 18.3 Å². The number of nitrogens with zero attached hydrogens (tertiary/aromatic N) is 1. The Morgan fingerprint density at radius 1 is 1.54 bits per heavy atom. The molecule has 1 unspecified atom stereocenters. The van der Waals surface area contributed by atoms with Crippen LogP contribution in [0.5, 0.6) is 0 Å². The summed E-state index contributed by atoms with van der Waals surface area (Å²) >= 11 is 0. The van der Waals surface area contributed by atoms with Crippen LogP contribution >= 0.6 is 0 Å². The lowest BCUT2D eigenvalue weighted by Crippen LogP contribution is -2.17. The molecule has 1 N–H and O–H groups in total. The standard InChI is InChI=1S/C10H12N2O/c1-6(2)8-9-7(12-10(8)13)4-3-5-11-9/h3-6,8H,1-2H3,(H,12,13). The number of hydrogen-bond acceptors (Lipinski definition) is 2. The van der Waals surface area contributed by atoms with E-state index in [1.807, 2.05) is 26.0 Å². The molecule has 1 aromatic heterocycles. The van der Waals surface area contributed by atoms with Crippen LogP contribution in [0.25, 0.3) is 0 Å². The van der Waals surface area contributed by atoms with Gasteiger partial charge in [0.2, 0.25) is 5.91 Å². The minimum Gasteiger partial charge on any atom is -0.324 e. The van der Waals surface area contributed by atoms with Crippen molar-refractivity contribution in [3.8, 4) is 0 Å². The average Bonchev–Trinajstić information content (AvgIpc) is 2.39. The van der Waals surface area contributed by atoms with Gasteiger partial charge in [-0.3, -0.25) is 9.78 Å². The molecule has 0 saturated heterocycles. The number of carbonyl (C=O) groups is 1. The molecule has 0 bridgehead atoms. The number of nitrogens with one attached hydrogen (secondary N) is 1. The average molecular weight is 176 g/mol. The second-order valence-corrected chi connectivity index (χ2v) is 3.65. The summed E-state index contributed by atoms with van der Waals surface area (Å²) in [5.41, 5.74) is 1.76. The van der Waals surface area contributed by atoms with E-state index in [0.717, 1.165) is 11.4 Å². The van der Waals surface area contributed by atoms with Gasteiger partial charge < -0.3 is 5.32 Å². The summed E-state index contributed by atoms with van der Waals surface area (Å²) in [5.74, 6) is 0.302. The summed E-state index contributed by atoms with van der Waals surface area (Å²) in [5, 5.41) is 2.83. The van der Waals surface area contributed by atoms with Crippen molar-refractivity contribution in [3.05, 3.63) is 24.0 Å². The molecule has 1 atom stereocenters. The minimum absolute atomic E-state index is 0.0729. The van der Waals surface area contributed by atoms with Gasteiger partial charge in [0.1, 0.15) is 0 Å². The van der Waals surface area contributed by atoms with Gasteiger partial charge in [-0.05, 0) is 18.1 Å². The fourth-order valence-corrected chi connectivity index (χ4v) is 1.72. The maximum Gasteiger partial charge on any atom is 0.233 e. The van der Waals surface area contributed by atoms with E-state index in [0.29, 0.717) is 5.92 Å². The maximum atomic E-state index is 11.5. The van der Waals surface area contributed by atoms with Crippen LogP contribution in [0.3, 0.4) is 0 Å². The molecular weight excluding hydrogens is 164 g/mol. The summed E-state index contributed by atoms with van der Waals surface area (Å²) < 4.78 is 0. The molecule has 0 fully saturated rings. The molecule has 0 spiro atoms. The zero-order valence-electron chi connectivity index (χ0n) is 7.74. The highest BCUT2D eigenvalue weighted by Crippen LogP contribution is 2.34. The number of pyridine rings is 1. The van der Waals surface area contributed by atoms with Crippen LogP contribution in [0.4, 0.5) is 5.69 Å². The van der Waals surface area contributed by atoms with Gasteiger partial charge in [0, 0.05) is 6.20 Å². The van der Waals surface area contributed by atoms with Crippen LogP contribution in [-0.2, 0) is 4.79 Å². The number of hydrogen-bond donors (Lipinski definition) is 1. The molecule has 3 nitrogen and oxygen atoms in total. The summed E-state index contributed by atoms with van der Waals surface area (Å²) in [6, 6.07) is 3.73. The van der Waals surface area contributed by atoms with E-state index in [1.54, 1.807) is 6.20 Å². The summed E-state index contributed by atoms with van der Waals surface area (Å²) in [6.07, 6.45) is 1.73. The molecule has 3 heteroatoms. The van der Waals surface area contributed by atoms with Gasteiger partial charge in [-0.25, -0.2) is 0 Å². The van der Waals surface area contributed by atoms with E-state index < -0.39 is 0 Å². The molecule has 2 heterocycles. The summed E-state index contributed by atoms with van der Waals surface area (Å²) in [4.78, 5) is 15.8.